The SMILES string of the molecule is Cc1cnc(Cl)cc1Oc1cnc2ccccc2c1. The van der Waals surface area contributed by atoms with Gasteiger partial charge in [-0.1, -0.05) is 29.8 Å². The molecule has 3 rings (SSSR count). The van der Waals surface area contributed by atoms with Gasteiger partial charge in [0.15, 0.2) is 0 Å². The van der Waals surface area contributed by atoms with Crippen LogP contribution in [0.25, 0.3) is 10.9 Å². The molecular formula is C15H11ClN2O. The molecule has 1 aromatic carbocycles. The van der Waals surface area contributed by atoms with Crippen LogP contribution in [0.1, 0.15) is 5.56 Å². The predicted molar refractivity (Wildman–Crippen MR) is 75.8 cm³/mol. The second-order valence-electron chi connectivity index (χ2n) is 4.24. The van der Waals surface area contributed by atoms with Crippen LogP contribution in [0.5, 0.6) is 11.5 Å². The average molecular weight is 271 g/mol. The van der Waals surface area contributed by atoms with Gasteiger partial charge in [0.2, 0.25) is 0 Å². The average Bonchev–Trinajstić information content (AvgIpc) is 2.43. The van der Waals surface area contributed by atoms with Crippen molar-refractivity contribution in [2.24, 2.45) is 0 Å². The van der Waals surface area contributed by atoms with Gasteiger partial charge in [-0.05, 0) is 19.1 Å². The second-order valence-corrected chi connectivity index (χ2v) is 4.63. The molecule has 0 aliphatic rings. The minimum atomic E-state index is 0.411. The number of benzene rings is 1. The largest absolute Gasteiger partial charge is 0.455 e. The maximum atomic E-state index is 5.87. The number of hydrogen-bond donors (Lipinski definition) is 0. The zero-order chi connectivity index (χ0) is 13.2. The van der Waals surface area contributed by atoms with E-state index in [1.807, 2.05) is 37.3 Å². The lowest BCUT2D eigenvalue weighted by atomic mass is 10.2. The van der Waals surface area contributed by atoms with Crippen molar-refractivity contribution < 1.29 is 4.74 Å². The minimum absolute atomic E-state index is 0.411. The molecule has 0 saturated carbocycles. The number of aryl methyl sites for hydroxylation is 1. The first kappa shape index (κ1) is 11.9. The third-order valence-corrected chi connectivity index (χ3v) is 3.02. The summed E-state index contributed by atoms with van der Waals surface area (Å²) >= 11 is 5.87. The van der Waals surface area contributed by atoms with E-state index in [1.54, 1.807) is 18.5 Å². The third-order valence-electron chi connectivity index (χ3n) is 2.81. The van der Waals surface area contributed by atoms with Crippen molar-refractivity contribution in [2.45, 2.75) is 6.92 Å². The number of halogens is 1. The lowest BCUT2D eigenvalue weighted by Crippen LogP contribution is -1.90. The lowest BCUT2D eigenvalue weighted by Gasteiger charge is -2.08. The number of fused-ring (bicyclic) bond motifs is 1. The molecule has 3 aromatic rings. The molecule has 0 fully saturated rings. The van der Waals surface area contributed by atoms with Crippen molar-refractivity contribution in [1.82, 2.24) is 9.97 Å². The number of rotatable bonds is 2. The maximum Gasteiger partial charge on any atom is 0.146 e. The molecule has 94 valence electrons. The quantitative estimate of drug-likeness (QED) is 0.648. The maximum absolute atomic E-state index is 5.87. The summed E-state index contributed by atoms with van der Waals surface area (Å²) in [6.07, 6.45) is 3.39. The van der Waals surface area contributed by atoms with Crippen molar-refractivity contribution in [1.29, 1.82) is 0 Å². The highest BCUT2D eigenvalue weighted by molar-refractivity contribution is 6.29. The summed E-state index contributed by atoms with van der Waals surface area (Å²) < 4.78 is 5.81. The Hall–Kier alpha value is -2.13. The number of aromatic nitrogens is 2. The number of nitrogens with zero attached hydrogens (tertiary/aromatic N) is 2. The van der Waals surface area contributed by atoms with E-state index in [1.165, 1.54) is 0 Å². The van der Waals surface area contributed by atoms with E-state index < -0.39 is 0 Å². The Kier molecular flexibility index (Phi) is 3.05. The summed E-state index contributed by atoms with van der Waals surface area (Å²) in [4.78, 5) is 8.36. The zero-order valence-corrected chi connectivity index (χ0v) is 11.1. The molecule has 0 amide bonds. The van der Waals surface area contributed by atoms with E-state index >= 15 is 0 Å². The first-order valence-electron chi connectivity index (χ1n) is 5.87. The van der Waals surface area contributed by atoms with Crippen LogP contribution in [0.4, 0.5) is 0 Å². The van der Waals surface area contributed by atoms with Crippen LogP contribution in [0.3, 0.4) is 0 Å². The van der Waals surface area contributed by atoms with Crippen LogP contribution in [-0.4, -0.2) is 9.97 Å². The summed E-state index contributed by atoms with van der Waals surface area (Å²) in [5.74, 6) is 1.38. The molecule has 4 heteroatoms. The molecule has 0 N–H and O–H groups in total. The minimum Gasteiger partial charge on any atom is -0.455 e. The highest BCUT2D eigenvalue weighted by atomic mass is 35.5. The van der Waals surface area contributed by atoms with E-state index in [9.17, 15) is 0 Å². The van der Waals surface area contributed by atoms with Crippen LogP contribution in [-0.2, 0) is 0 Å². The Morgan fingerprint density at radius 1 is 1.05 bits per heavy atom. The normalized spacial score (nSPS) is 10.6. The summed E-state index contributed by atoms with van der Waals surface area (Å²) in [5, 5.41) is 1.45. The monoisotopic (exact) mass is 270 g/mol. The van der Waals surface area contributed by atoms with Gasteiger partial charge in [-0.3, -0.25) is 4.98 Å². The number of pyridine rings is 2. The first-order valence-corrected chi connectivity index (χ1v) is 6.25. The molecule has 0 radical (unpaired) electrons. The molecule has 0 unspecified atom stereocenters. The Morgan fingerprint density at radius 3 is 2.79 bits per heavy atom. The van der Waals surface area contributed by atoms with Gasteiger partial charge < -0.3 is 4.74 Å². The topological polar surface area (TPSA) is 35.0 Å². The van der Waals surface area contributed by atoms with Gasteiger partial charge in [0.25, 0.3) is 0 Å². The second kappa shape index (κ2) is 4.86. The molecular weight excluding hydrogens is 260 g/mol. The van der Waals surface area contributed by atoms with E-state index in [4.69, 9.17) is 16.3 Å². The molecule has 2 aromatic heterocycles. The van der Waals surface area contributed by atoms with Gasteiger partial charge in [0.05, 0.1) is 11.7 Å². The molecule has 0 saturated heterocycles. The zero-order valence-electron chi connectivity index (χ0n) is 10.3. The summed E-state index contributed by atoms with van der Waals surface area (Å²) in [6.45, 7) is 1.92. The third kappa shape index (κ3) is 2.51. The van der Waals surface area contributed by atoms with Crippen LogP contribution >= 0.6 is 11.6 Å². The summed E-state index contributed by atoms with van der Waals surface area (Å²) in [5.41, 5.74) is 1.87. The van der Waals surface area contributed by atoms with E-state index in [-0.39, 0.29) is 0 Å². The molecule has 0 atom stereocenters. The van der Waals surface area contributed by atoms with Gasteiger partial charge in [0.1, 0.15) is 16.7 Å². The molecule has 19 heavy (non-hydrogen) atoms. The van der Waals surface area contributed by atoms with Gasteiger partial charge in [-0.25, -0.2) is 4.98 Å². The Balaban J connectivity index is 1.98. The smallest absolute Gasteiger partial charge is 0.146 e. The first-order chi connectivity index (χ1) is 9.22. The standard InChI is InChI=1S/C15H11ClN2O/c1-10-8-18-15(16)7-14(10)19-12-6-11-4-2-3-5-13(11)17-9-12/h2-9H,1H3. The van der Waals surface area contributed by atoms with Gasteiger partial charge in [-0.15, -0.1) is 0 Å². The van der Waals surface area contributed by atoms with Crippen molar-refractivity contribution in [3.05, 3.63) is 59.5 Å². The van der Waals surface area contributed by atoms with Gasteiger partial charge >= 0.3 is 0 Å². The van der Waals surface area contributed by atoms with Crippen molar-refractivity contribution >= 4 is 22.5 Å². The lowest BCUT2D eigenvalue weighted by molar-refractivity contribution is 0.477. The van der Waals surface area contributed by atoms with Gasteiger partial charge in [-0.2, -0.15) is 0 Å². The molecule has 0 spiro atoms. The fraction of sp³-hybridized carbons (Fsp3) is 0.0667. The van der Waals surface area contributed by atoms with E-state index in [2.05, 4.69) is 9.97 Å². The molecule has 0 aliphatic heterocycles. The van der Waals surface area contributed by atoms with Crippen LogP contribution in [0, 0.1) is 6.92 Å². The molecule has 0 bridgehead atoms. The molecule has 0 aliphatic carbocycles. The predicted octanol–water partition coefficient (Wildman–Crippen LogP) is 4.38. The van der Waals surface area contributed by atoms with Crippen molar-refractivity contribution in [3.63, 3.8) is 0 Å². The highest BCUT2D eigenvalue weighted by Crippen LogP contribution is 2.27. The fourth-order valence-electron chi connectivity index (χ4n) is 1.82. The Bertz CT molecular complexity index is 743. The molecule has 3 nitrogen and oxygen atoms in total. The number of ether oxygens (including phenoxy) is 1. The van der Waals surface area contributed by atoms with Crippen LogP contribution in [0.2, 0.25) is 5.15 Å². The highest BCUT2D eigenvalue weighted by Gasteiger charge is 2.04. The van der Waals surface area contributed by atoms with Crippen LogP contribution < -0.4 is 4.74 Å². The number of para-hydroxylation sites is 1. The molecule has 2 heterocycles. The summed E-state index contributed by atoms with van der Waals surface area (Å²) in [7, 11) is 0. The number of hydrogen-bond acceptors (Lipinski definition) is 3. The Labute approximate surface area is 115 Å². The van der Waals surface area contributed by atoms with Crippen LogP contribution in [0.15, 0.2) is 48.8 Å². The summed E-state index contributed by atoms with van der Waals surface area (Å²) in [6, 6.07) is 11.6. The van der Waals surface area contributed by atoms with Crippen molar-refractivity contribution in [2.75, 3.05) is 0 Å². The fourth-order valence-corrected chi connectivity index (χ4v) is 1.97. The van der Waals surface area contributed by atoms with Gasteiger partial charge in [0, 0.05) is 23.2 Å². The van der Waals surface area contributed by atoms with Crippen molar-refractivity contribution in [3.8, 4) is 11.5 Å². The van der Waals surface area contributed by atoms with E-state index in [0.29, 0.717) is 16.7 Å². The Morgan fingerprint density at radius 2 is 1.89 bits per heavy atom. The van der Waals surface area contributed by atoms with E-state index in [0.717, 1.165) is 16.5 Å².